The van der Waals surface area contributed by atoms with Gasteiger partial charge in [0.2, 0.25) is 0 Å². The molecule has 0 saturated carbocycles. The molecule has 102 valence electrons. The highest BCUT2D eigenvalue weighted by molar-refractivity contribution is 9.10. The summed E-state index contributed by atoms with van der Waals surface area (Å²) in [4.78, 5) is 3.98. The fourth-order valence-corrected chi connectivity index (χ4v) is 2.91. The summed E-state index contributed by atoms with van der Waals surface area (Å²) in [5, 5.41) is 14.6. The molecule has 0 radical (unpaired) electrons. The minimum Gasteiger partial charge on any atom is -0.392 e. The number of pyridine rings is 1. The zero-order chi connectivity index (χ0) is 13.8. The predicted octanol–water partition coefficient (Wildman–Crippen LogP) is 2.29. The van der Waals surface area contributed by atoms with Crippen molar-refractivity contribution in [1.29, 1.82) is 0 Å². The van der Waals surface area contributed by atoms with Crippen molar-refractivity contribution in [2.75, 3.05) is 0 Å². The van der Waals surface area contributed by atoms with Gasteiger partial charge in [0.15, 0.2) is 0 Å². The zero-order valence-electron chi connectivity index (χ0n) is 11.2. The first kappa shape index (κ1) is 14.2. The van der Waals surface area contributed by atoms with Crippen LogP contribution >= 0.6 is 15.9 Å². The standard InChI is InChI=1S/C14H18BrN3O/c1-3-12-14(15)13(18(2)17-12)9-11(19)8-10-4-6-16-7-5-10/h4-7,11,19H,3,8-9H2,1-2H3. The number of halogens is 1. The Hall–Kier alpha value is -1.20. The van der Waals surface area contributed by atoms with Crippen LogP contribution in [-0.2, 0) is 26.3 Å². The highest BCUT2D eigenvalue weighted by Gasteiger charge is 2.16. The molecule has 0 bridgehead atoms. The lowest BCUT2D eigenvalue weighted by Crippen LogP contribution is -2.16. The van der Waals surface area contributed by atoms with E-state index in [2.05, 4.69) is 32.9 Å². The summed E-state index contributed by atoms with van der Waals surface area (Å²) < 4.78 is 2.87. The van der Waals surface area contributed by atoms with Gasteiger partial charge in [-0.2, -0.15) is 5.10 Å². The number of aliphatic hydroxyl groups is 1. The van der Waals surface area contributed by atoms with Crippen LogP contribution in [0.15, 0.2) is 29.0 Å². The molecule has 1 N–H and O–H groups in total. The highest BCUT2D eigenvalue weighted by Crippen LogP contribution is 2.23. The Labute approximate surface area is 121 Å². The van der Waals surface area contributed by atoms with Crippen LogP contribution in [0.3, 0.4) is 0 Å². The Morgan fingerprint density at radius 2 is 2.00 bits per heavy atom. The van der Waals surface area contributed by atoms with Gasteiger partial charge in [-0.15, -0.1) is 0 Å². The monoisotopic (exact) mass is 323 g/mol. The molecule has 1 atom stereocenters. The van der Waals surface area contributed by atoms with Gasteiger partial charge in [-0.3, -0.25) is 9.67 Å². The fraction of sp³-hybridized carbons (Fsp3) is 0.429. The minimum atomic E-state index is -0.418. The summed E-state index contributed by atoms with van der Waals surface area (Å²) in [6.07, 6.45) is 5.18. The lowest BCUT2D eigenvalue weighted by Gasteiger charge is -2.11. The molecule has 2 aromatic heterocycles. The first-order chi connectivity index (χ1) is 9.11. The molecule has 0 spiro atoms. The number of aryl methyl sites for hydroxylation is 2. The van der Waals surface area contributed by atoms with E-state index in [1.165, 1.54) is 0 Å². The smallest absolute Gasteiger partial charge is 0.0766 e. The number of aliphatic hydroxyl groups excluding tert-OH is 1. The van der Waals surface area contributed by atoms with Crippen molar-refractivity contribution in [3.8, 4) is 0 Å². The topological polar surface area (TPSA) is 50.9 Å². The van der Waals surface area contributed by atoms with Crippen molar-refractivity contribution in [2.24, 2.45) is 7.05 Å². The normalized spacial score (nSPS) is 12.6. The molecule has 0 aliphatic rings. The molecule has 1 unspecified atom stereocenters. The van der Waals surface area contributed by atoms with E-state index >= 15 is 0 Å². The van der Waals surface area contributed by atoms with Gasteiger partial charge in [0.05, 0.1) is 22.0 Å². The zero-order valence-corrected chi connectivity index (χ0v) is 12.8. The van der Waals surface area contributed by atoms with Crippen LogP contribution in [0.1, 0.15) is 23.9 Å². The molecule has 2 aromatic rings. The van der Waals surface area contributed by atoms with Crippen LogP contribution in [0.25, 0.3) is 0 Å². The van der Waals surface area contributed by atoms with Gasteiger partial charge in [0.25, 0.3) is 0 Å². The van der Waals surface area contributed by atoms with Crippen LogP contribution < -0.4 is 0 Å². The van der Waals surface area contributed by atoms with Crippen LogP contribution in [0, 0.1) is 0 Å². The summed E-state index contributed by atoms with van der Waals surface area (Å²) in [6, 6.07) is 3.86. The van der Waals surface area contributed by atoms with Crippen LogP contribution in [0.4, 0.5) is 0 Å². The molecule has 0 aromatic carbocycles. The van der Waals surface area contributed by atoms with E-state index in [0.29, 0.717) is 12.8 Å². The third-order valence-electron chi connectivity index (χ3n) is 3.15. The number of hydrogen-bond acceptors (Lipinski definition) is 3. The highest BCUT2D eigenvalue weighted by atomic mass is 79.9. The second kappa shape index (κ2) is 6.30. The Balaban J connectivity index is 2.07. The molecule has 4 nitrogen and oxygen atoms in total. The van der Waals surface area contributed by atoms with Crippen molar-refractivity contribution in [1.82, 2.24) is 14.8 Å². The van der Waals surface area contributed by atoms with Crippen LogP contribution in [0.2, 0.25) is 0 Å². The maximum Gasteiger partial charge on any atom is 0.0766 e. The van der Waals surface area contributed by atoms with Gasteiger partial charge in [-0.1, -0.05) is 6.92 Å². The van der Waals surface area contributed by atoms with E-state index in [9.17, 15) is 5.11 Å². The van der Waals surface area contributed by atoms with Crippen LogP contribution in [0.5, 0.6) is 0 Å². The second-order valence-electron chi connectivity index (χ2n) is 4.60. The summed E-state index contributed by atoms with van der Waals surface area (Å²) in [7, 11) is 1.92. The number of hydrogen-bond donors (Lipinski definition) is 1. The van der Waals surface area contributed by atoms with E-state index in [4.69, 9.17) is 0 Å². The maximum atomic E-state index is 10.2. The molecule has 2 heterocycles. The van der Waals surface area contributed by atoms with Crippen molar-refractivity contribution in [3.05, 3.63) is 46.0 Å². The molecule has 2 rings (SSSR count). The average Bonchev–Trinajstić information content (AvgIpc) is 2.67. The Kier molecular flexibility index (Phi) is 4.71. The second-order valence-corrected chi connectivity index (χ2v) is 5.40. The van der Waals surface area contributed by atoms with Gasteiger partial charge in [0, 0.05) is 25.9 Å². The average molecular weight is 324 g/mol. The largest absolute Gasteiger partial charge is 0.392 e. The van der Waals surface area contributed by atoms with E-state index in [1.807, 2.05) is 23.9 Å². The molecular formula is C14H18BrN3O. The Bertz CT molecular complexity index is 539. The van der Waals surface area contributed by atoms with Crippen molar-refractivity contribution < 1.29 is 5.11 Å². The molecule has 0 aliphatic heterocycles. The molecule has 5 heteroatoms. The van der Waals surface area contributed by atoms with Crippen LogP contribution in [-0.4, -0.2) is 26.0 Å². The van der Waals surface area contributed by atoms with Gasteiger partial charge in [-0.05, 0) is 46.5 Å². The lowest BCUT2D eigenvalue weighted by atomic mass is 10.1. The molecule has 0 aliphatic carbocycles. The third kappa shape index (κ3) is 3.42. The maximum absolute atomic E-state index is 10.2. The number of rotatable bonds is 5. The number of aromatic nitrogens is 3. The summed E-state index contributed by atoms with van der Waals surface area (Å²) in [5.74, 6) is 0. The van der Waals surface area contributed by atoms with Gasteiger partial charge in [-0.25, -0.2) is 0 Å². The Morgan fingerprint density at radius 3 is 2.58 bits per heavy atom. The predicted molar refractivity (Wildman–Crippen MR) is 77.9 cm³/mol. The van der Waals surface area contributed by atoms with E-state index in [0.717, 1.165) is 27.8 Å². The van der Waals surface area contributed by atoms with Gasteiger partial charge < -0.3 is 5.11 Å². The van der Waals surface area contributed by atoms with Gasteiger partial charge in [0.1, 0.15) is 0 Å². The molecule has 0 fully saturated rings. The first-order valence-corrected chi connectivity index (χ1v) is 7.18. The van der Waals surface area contributed by atoms with E-state index in [-0.39, 0.29) is 0 Å². The summed E-state index contributed by atoms with van der Waals surface area (Å²) in [6.45, 7) is 2.07. The number of nitrogens with zero attached hydrogens (tertiary/aromatic N) is 3. The summed E-state index contributed by atoms with van der Waals surface area (Å²) >= 11 is 3.57. The van der Waals surface area contributed by atoms with Gasteiger partial charge >= 0.3 is 0 Å². The first-order valence-electron chi connectivity index (χ1n) is 6.39. The Morgan fingerprint density at radius 1 is 1.32 bits per heavy atom. The molecular weight excluding hydrogens is 306 g/mol. The van der Waals surface area contributed by atoms with Crippen molar-refractivity contribution >= 4 is 15.9 Å². The summed E-state index contributed by atoms with van der Waals surface area (Å²) in [5.41, 5.74) is 3.17. The minimum absolute atomic E-state index is 0.418. The fourth-order valence-electron chi connectivity index (χ4n) is 2.13. The van der Waals surface area contributed by atoms with E-state index in [1.54, 1.807) is 12.4 Å². The SMILES string of the molecule is CCc1nn(C)c(CC(O)Cc2ccncc2)c1Br. The lowest BCUT2D eigenvalue weighted by molar-refractivity contribution is 0.172. The molecule has 19 heavy (non-hydrogen) atoms. The molecule has 0 amide bonds. The van der Waals surface area contributed by atoms with Crippen molar-refractivity contribution in [3.63, 3.8) is 0 Å². The van der Waals surface area contributed by atoms with E-state index < -0.39 is 6.10 Å². The van der Waals surface area contributed by atoms with Crippen molar-refractivity contribution in [2.45, 2.75) is 32.3 Å². The molecule has 0 saturated heterocycles. The quantitative estimate of drug-likeness (QED) is 0.918. The third-order valence-corrected chi connectivity index (χ3v) is 4.07.